The minimum atomic E-state index is -0.0186. The van der Waals surface area contributed by atoms with E-state index in [4.69, 9.17) is 0 Å². The number of hydrogen-bond acceptors (Lipinski definition) is 3. The molecule has 2 fully saturated rings. The number of nitrogens with zero attached hydrogens (tertiary/aromatic N) is 2. The average molecular weight is 345 g/mol. The Labute approximate surface area is 114 Å². The summed E-state index contributed by atoms with van der Waals surface area (Å²) >= 11 is 2.11. The minimum absolute atomic E-state index is 0.0186. The molecule has 17 heavy (non-hydrogen) atoms. The van der Waals surface area contributed by atoms with Gasteiger partial charge in [0.2, 0.25) is 0 Å². The van der Waals surface area contributed by atoms with Gasteiger partial charge in [0.25, 0.3) is 5.56 Å². The number of rotatable bonds is 1. The molecule has 2 aliphatic rings. The highest BCUT2D eigenvalue weighted by Crippen LogP contribution is 2.38. The van der Waals surface area contributed by atoms with Gasteiger partial charge in [-0.1, -0.05) is 12.8 Å². The number of nitrogens with one attached hydrogen (secondary N) is 1. The lowest BCUT2D eigenvalue weighted by molar-refractivity contribution is 0.341. The molecular formula is C12H16IN3O. The SMILES string of the molecule is O=c1[nH]cnc(N2CCC3CCCCC32)c1I. The van der Waals surface area contributed by atoms with Crippen molar-refractivity contribution in [1.29, 1.82) is 0 Å². The topological polar surface area (TPSA) is 49.0 Å². The molecule has 5 heteroatoms. The predicted molar refractivity (Wildman–Crippen MR) is 75.3 cm³/mol. The van der Waals surface area contributed by atoms with Gasteiger partial charge >= 0.3 is 0 Å². The second kappa shape index (κ2) is 4.59. The Balaban J connectivity index is 1.94. The van der Waals surface area contributed by atoms with Crippen LogP contribution in [0.25, 0.3) is 0 Å². The van der Waals surface area contributed by atoms with E-state index in [9.17, 15) is 4.79 Å². The maximum atomic E-state index is 11.6. The van der Waals surface area contributed by atoms with Crippen molar-refractivity contribution in [3.8, 4) is 0 Å². The van der Waals surface area contributed by atoms with Gasteiger partial charge in [-0.2, -0.15) is 0 Å². The van der Waals surface area contributed by atoms with Crippen LogP contribution in [-0.2, 0) is 0 Å². The molecule has 0 bridgehead atoms. The first-order valence-corrected chi connectivity index (χ1v) is 7.35. The lowest BCUT2D eigenvalue weighted by atomic mass is 9.85. The number of aromatic amines is 1. The molecule has 0 radical (unpaired) electrons. The summed E-state index contributed by atoms with van der Waals surface area (Å²) in [6.07, 6.45) is 8.08. The summed E-state index contributed by atoms with van der Waals surface area (Å²) in [6.45, 7) is 1.06. The van der Waals surface area contributed by atoms with Crippen LogP contribution in [0.3, 0.4) is 0 Å². The molecule has 3 rings (SSSR count). The van der Waals surface area contributed by atoms with Crippen molar-refractivity contribution in [2.45, 2.75) is 38.1 Å². The van der Waals surface area contributed by atoms with Crippen molar-refractivity contribution in [1.82, 2.24) is 9.97 Å². The average Bonchev–Trinajstić information content (AvgIpc) is 2.77. The largest absolute Gasteiger partial charge is 0.352 e. The van der Waals surface area contributed by atoms with Crippen LogP contribution in [0, 0.1) is 9.49 Å². The van der Waals surface area contributed by atoms with E-state index in [1.165, 1.54) is 38.4 Å². The van der Waals surface area contributed by atoms with Gasteiger partial charge < -0.3 is 9.88 Å². The number of H-pyrrole nitrogens is 1. The normalized spacial score (nSPS) is 28.2. The molecule has 1 aliphatic carbocycles. The molecule has 1 aromatic rings. The fraction of sp³-hybridized carbons (Fsp3) is 0.667. The number of halogens is 1. The summed E-state index contributed by atoms with van der Waals surface area (Å²) in [5.41, 5.74) is -0.0186. The van der Waals surface area contributed by atoms with Crippen LogP contribution < -0.4 is 10.5 Å². The van der Waals surface area contributed by atoms with E-state index in [1.807, 2.05) is 0 Å². The van der Waals surface area contributed by atoms with Gasteiger partial charge in [-0.15, -0.1) is 0 Å². The highest BCUT2D eigenvalue weighted by atomic mass is 127. The van der Waals surface area contributed by atoms with Crippen molar-refractivity contribution in [2.75, 3.05) is 11.4 Å². The van der Waals surface area contributed by atoms with E-state index in [0.29, 0.717) is 6.04 Å². The molecule has 1 saturated heterocycles. The maximum Gasteiger partial charge on any atom is 0.266 e. The first kappa shape index (κ1) is 11.5. The zero-order chi connectivity index (χ0) is 11.8. The van der Waals surface area contributed by atoms with Crippen LogP contribution in [0.5, 0.6) is 0 Å². The van der Waals surface area contributed by atoms with E-state index >= 15 is 0 Å². The van der Waals surface area contributed by atoms with Crippen LogP contribution >= 0.6 is 22.6 Å². The van der Waals surface area contributed by atoms with Gasteiger partial charge in [0.1, 0.15) is 9.39 Å². The second-order valence-electron chi connectivity index (χ2n) is 4.96. The molecule has 0 amide bonds. The standard InChI is InChI=1S/C12H16IN3O/c13-10-11(14-7-15-12(10)17)16-6-5-8-3-1-2-4-9(8)16/h7-9H,1-6H2,(H,14,15,17). The Kier molecular flexibility index (Phi) is 3.10. The van der Waals surface area contributed by atoms with E-state index < -0.39 is 0 Å². The summed E-state index contributed by atoms with van der Waals surface area (Å²) in [6, 6.07) is 0.617. The van der Waals surface area contributed by atoms with Crippen molar-refractivity contribution in [3.63, 3.8) is 0 Å². The van der Waals surface area contributed by atoms with Gasteiger partial charge in [0, 0.05) is 12.6 Å². The molecule has 1 aliphatic heterocycles. The fourth-order valence-corrected chi connectivity index (χ4v) is 3.85. The van der Waals surface area contributed by atoms with Crippen LogP contribution in [0.15, 0.2) is 11.1 Å². The van der Waals surface area contributed by atoms with Crippen molar-refractivity contribution < 1.29 is 0 Å². The molecule has 0 spiro atoms. The highest BCUT2D eigenvalue weighted by Gasteiger charge is 2.37. The fourth-order valence-electron chi connectivity index (χ4n) is 3.24. The van der Waals surface area contributed by atoms with Crippen LogP contribution in [0.2, 0.25) is 0 Å². The molecule has 2 unspecified atom stereocenters. The molecule has 0 aromatic carbocycles. The predicted octanol–water partition coefficient (Wildman–Crippen LogP) is 2.14. The van der Waals surface area contributed by atoms with E-state index in [1.54, 1.807) is 0 Å². The van der Waals surface area contributed by atoms with Crippen LogP contribution in [0.4, 0.5) is 5.82 Å². The minimum Gasteiger partial charge on any atom is -0.352 e. The summed E-state index contributed by atoms with van der Waals surface area (Å²) in [4.78, 5) is 21.0. The van der Waals surface area contributed by atoms with E-state index in [2.05, 4.69) is 37.5 Å². The Bertz CT molecular complexity index is 473. The first-order chi connectivity index (χ1) is 8.27. The zero-order valence-corrected chi connectivity index (χ0v) is 11.8. The zero-order valence-electron chi connectivity index (χ0n) is 9.66. The van der Waals surface area contributed by atoms with Crippen molar-refractivity contribution in [3.05, 3.63) is 20.3 Å². The lowest BCUT2D eigenvalue weighted by Crippen LogP contribution is -2.36. The molecule has 2 heterocycles. The quantitative estimate of drug-likeness (QED) is 0.794. The molecule has 1 saturated carbocycles. The third-order valence-corrected chi connectivity index (χ3v) is 5.03. The van der Waals surface area contributed by atoms with Gasteiger partial charge in [-0.05, 0) is 47.8 Å². The van der Waals surface area contributed by atoms with Gasteiger partial charge in [0.15, 0.2) is 0 Å². The number of fused-ring (bicyclic) bond motifs is 1. The Morgan fingerprint density at radius 2 is 2.18 bits per heavy atom. The summed E-state index contributed by atoms with van der Waals surface area (Å²) < 4.78 is 0.733. The smallest absolute Gasteiger partial charge is 0.266 e. The molecule has 1 aromatic heterocycles. The molecule has 1 N–H and O–H groups in total. The molecule has 92 valence electrons. The van der Waals surface area contributed by atoms with E-state index in [0.717, 1.165) is 21.9 Å². The van der Waals surface area contributed by atoms with Crippen molar-refractivity contribution in [2.24, 2.45) is 5.92 Å². The maximum absolute atomic E-state index is 11.6. The van der Waals surface area contributed by atoms with Gasteiger partial charge in [-0.3, -0.25) is 4.79 Å². The number of anilines is 1. The molecule has 4 nitrogen and oxygen atoms in total. The Morgan fingerprint density at radius 3 is 3.06 bits per heavy atom. The first-order valence-electron chi connectivity index (χ1n) is 6.27. The Morgan fingerprint density at radius 1 is 1.35 bits per heavy atom. The highest BCUT2D eigenvalue weighted by molar-refractivity contribution is 14.1. The molecule has 2 atom stereocenters. The third-order valence-electron chi connectivity index (χ3n) is 4.06. The third kappa shape index (κ3) is 1.98. The number of aromatic nitrogens is 2. The van der Waals surface area contributed by atoms with Crippen molar-refractivity contribution >= 4 is 28.4 Å². The van der Waals surface area contributed by atoms with E-state index in [-0.39, 0.29) is 5.56 Å². The number of hydrogen-bond donors (Lipinski definition) is 1. The monoisotopic (exact) mass is 345 g/mol. The van der Waals surface area contributed by atoms with Gasteiger partial charge in [0.05, 0.1) is 6.33 Å². The molecular weight excluding hydrogens is 329 g/mol. The van der Waals surface area contributed by atoms with Crippen LogP contribution in [-0.4, -0.2) is 22.6 Å². The lowest BCUT2D eigenvalue weighted by Gasteiger charge is -2.32. The Hall–Kier alpha value is -0.590. The summed E-state index contributed by atoms with van der Waals surface area (Å²) in [7, 11) is 0. The second-order valence-corrected chi connectivity index (χ2v) is 6.04. The summed E-state index contributed by atoms with van der Waals surface area (Å²) in [5.74, 6) is 1.71. The van der Waals surface area contributed by atoms with Crippen LogP contribution in [0.1, 0.15) is 32.1 Å². The summed E-state index contributed by atoms with van der Waals surface area (Å²) in [5, 5.41) is 0. The van der Waals surface area contributed by atoms with Gasteiger partial charge in [-0.25, -0.2) is 4.98 Å².